The first-order valence-corrected chi connectivity index (χ1v) is 8.46. The van der Waals surface area contributed by atoms with Gasteiger partial charge in [0.25, 0.3) is 0 Å². The Morgan fingerprint density at radius 1 is 1.39 bits per heavy atom. The first-order chi connectivity index (χ1) is 11.1. The number of rotatable bonds is 4. The van der Waals surface area contributed by atoms with Crippen molar-refractivity contribution in [3.05, 3.63) is 16.3 Å². The highest BCUT2D eigenvalue weighted by molar-refractivity contribution is 5.74. The van der Waals surface area contributed by atoms with Crippen LogP contribution in [0.1, 0.15) is 32.0 Å². The van der Waals surface area contributed by atoms with Crippen LogP contribution in [-0.2, 0) is 24.2 Å². The summed E-state index contributed by atoms with van der Waals surface area (Å²) in [6.07, 6.45) is 3.82. The highest BCUT2D eigenvalue weighted by Gasteiger charge is 2.21. The summed E-state index contributed by atoms with van der Waals surface area (Å²) in [5.41, 5.74) is -0.0203. The summed E-state index contributed by atoms with van der Waals surface area (Å²) in [5, 5.41) is 7.30. The molecule has 1 aromatic rings. The Labute approximate surface area is 135 Å². The normalized spacial score (nSPS) is 21.1. The van der Waals surface area contributed by atoms with Gasteiger partial charge in [0.2, 0.25) is 0 Å². The van der Waals surface area contributed by atoms with Crippen LogP contribution < -0.4 is 11.0 Å². The lowest BCUT2D eigenvalue weighted by Crippen LogP contribution is -2.49. The lowest BCUT2D eigenvalue weighted by molar-refractivity contribution is -0.00345. The fourth-order valence-electron chi connectivity index (χ4n) is 3.13. The molecule has 3 rings (SSSR count). The molecule has 1 atom stereocenters. The van der Waals surface area contributed by atoms with Crippen LogP contribution in [0.25, 0.3) is 0 Å². The summed E-state index contributed by atoms with van der Waals surface area (Å²) < 4.78 is 8.73. The minimum atomic E-state index is -0.0587. The van der Waals surface area contributed by atoms with E-state index < -0.39 is 0 Å². The molecule has 0 aliphatic carbocycles. The number of fused-ring (bicyclic) bond motifs is 1. The maximum Gasteiger partial charge on any atom is 0.345 e. The minimum Gasteiger partial charge on any atom is -0.375 e. The van der Waals surface area contributed by atoms with Gasteiger partial charge < -0.3 is 15.0 Å². The largest absolute Gasteiger partial charge is 0.375 e. The van der Waals surface area contributed by atoms with E-state index in [1.165, 1.54) is 4.68 Å². The van der Waals surface area contributed by atoms with Crippen LogP contribution in [0.2, 0.25) is 0 Å². The Kier molecular flexibility index (Phi) is 5.00. The summed E-state index contributed by atoms with van der Waals surface area (Å²) in [6.45, 7) is 5.66. The molecular weight excluding hydrogens is 298 g/mol. The van der Waals surface area contributed by atoms with Crippen molar-refractivity contribution in [1.29, 1.82) is 0 Å². The van der Waals surface area contributed by atoms with Crippen molar-refractivity contribution in [1.82, 2.24) is 24.6 Å². The van der Waals surface area contributed by atoms with Crippen LogP contribution in [0.15, 0.2) is 4.79 Å². The highest BCUT2D eigenvalue weighted by Crippen LogP contribution is 2.09. The number of carbonyl (C=O) groups excluding carboxylic acids is 1. The molecule has 1 N–H and O–H groups in total. The van der Waals surface area contributed by atoms with Gasteiger partial charge in [-0.15, -0.1) is 0 Å². The molecule has 8 nitrogen and oxygen atoms in total. The molecule has 8 heteroatoms. The SMILES string of the molecule is C[C@H]1CN(C(=O)NCCCn2nc3n(c2=O)CCCC3)CCO1. The van der Waals surface area contributed by atoms with E-state index in [9.17, 15) is 9.59 Å². The van der Waals surface area contributed by atoms with Crippen molar-refractivity contribution in [2.45, 2.75) is 51.8 Å². The number of morpholine rings is 1. The van der Waals surface area contributed by atoms with Gasteiger partial charge in [-0.3, -0.25) is 4.57 Å². The predicted molar refractivity (Wildman–Crippen MR) is 84.4 cm³/mol. The zero-order chi connectivity index (χ0) is 16.2. The Morgan fingerprint density at radius 3 is 3.04 bits per heavy atom. The number of nitrogens with one attached hydrogen (secondary N) is 1. The maximum absolute atomic E-state index is 12.2. The smallest absolute Gasteiger partial charge is 0.345 e. The number of ether oxygens (including phenoxy) is 1. The summed E-state index contributed by atoms with van der Waals surface area (Å²) >= 11 is 0. The lowest BCUT2D eigenvalue weighted by atomic mass is 10.2. The molecule has 1 aromatic heterocycles. The number of amides is 2. The molecule has 23 heavy (non-hydrogen) atoms. The van der Waals surface area contributed by atoms with Gasteiger partial charge in [0, 0.05) is 39.1 Å². The summed E-state index contributed by atoms with van der Waals surface area (Å²) in [6, 6.07) is -0.0587. The van der Waals surface area contributed by atoms with Crippen molar-refractivity contribution < 1.29 is 9.53 Å². The fraction of sp³-hybridized carbons (Fsp3) is 0.800. The molecule has 0 saturated carbocycles. The first-order valence-electron chi connectivity index (χ1n) is 8.46. The Bertz CT molecular complexity index is 609. The number of aromatic nitrogens is 3. The van der Waals surface area contributed by atoms with E-state index in [1.807, 2.05) is 6.92 Å². The summed E-state index contributed by atoms with van der Waals surface area (Å²) in [5.74, 6) is 0.896. The highest BCUT2D eigenvalue weighted by atomic mass is 16.5. The number of nitrogens with zero attached hydrogens (tertiary/aromatic N) is 4. The lowest BCUT2D eigenvalue weighted by Gasteiger charge is -2.31. The van der Waals surface area contributed by atoms with Gasteiger partial charge in [0.15, 0.2) is 0 Å². The van der Waals surface area contributed by atoms with Crippen molar-refractivity contribution in [2.75, 3.05) is 26.2 Å². The van der Waals surface area contributed by atoms with Gasteiger partial charge in [-0.05, 0) is 26.2 Å². The van der Waals surface area contributed by atoms with Crippen LogP contribution in [0.3, 0.4) is 0 Å². The molecule has 1 saturated heterocycles. The van der Waals surface area contributed by atoms with Gasteiger partial charge >= 0.3 is 11.7 Å². The third-order valence-electron chi connectivity index (χ3n) is 4.38. The third kappa shape index (κ3) is 3.74. The molecule has 2 aliphatic heterocycles. The molecule has 2 aliphatic rings. The van der Waals surface area contributed by atoms with Crippen molar-refractivity contribution in [3.8, 4) is 0 Å². The van der Waals surface area contributed by atoms with Gasteiger partial charge in [-0.1, -0.05) is 0 Å². The monoisotopic (exact) mass is 323 g/mol. The second-order valence-electron chi connectivity index (χ2n) is 6.24. The number of hydrogen-bond acceptors (Lipinski definition) is 4. The molecule has 0 radical (unpaired) electrons. The van der Waals surface area contributed by atoms with Crippen molar-refractivity contribution >= 4 is 6.03 Å². The molecule has 1 fully saturated rings. The molecule has 0 aromatic carbocycles. The van der Waals surface area contributed by atoms with E-state index >= 15 is 0 Å². The van der Waals surface area contributed by atoms with Crippen molar-refractivity contribution in [2.24, 2.45) is 0 Å². The fourth-order valence-corrected chi connectivity index (χ4v) is 3.13. The van der Waals surface area contributed by atoms with Crippen LogP contribution in [0, 0.1) is 0 Å². The third-order valence-corrected chi connectivity index (χ3v) is 4.38. The average molecular weight is 323 g/mol. The molecular formula is C15H25N5O3. The topological polar surface area (TPSA) is 81.4 Å². The van der Waals surface area contributed by atoms with Gasteiger partial charge in [0.05, 0.1) is 12.7 Å². The van der Waals surface area contributed by atoms with E-state index in [2.05, 4.69) is 10.4 Å². The summed E-state index contributed by atoms with van der Waals surface area (Å²) in [7, 11) is 0. The van der Waals surface area contributed by atoms with Gasteiger partial charge in [0.1, 0.15) is 5.82 Å². The van der Waals surface area contributed by atoms with Crippen LogP contribution >= 0.6 is 0 Å². The van der Waals surface area contributed by atoms with Crippen molar-refractivity contribution in [3.63, 3.8) is 0 Å². The minimum absolute atomic E-state index is 0.0203. The Balaban J connectivity index is 1.44. The van der Waals surface area contributed by atoms with Gasteiger partial charge in [-0.25, -0.2) is 14.3 Å². The molecule has 128 valence electrons. The quantitative estimate of drug-likeness (QED) is 0.803. The van der Waals surface area contributed by atoms with E-state index in [4.69, 9.17) is 4.74 Å². The Morgan fingerprint density at radius 2 is 2.26 bits per heavy atom. The van der Waals surface area contributed by atoms with Crippen LogP contribution in [0.4, 0.5) is 4.79 Å². The zero-order valence-electron chi connectivity index (χ0n) is 13.7. The number of hydrogen-bond donors (Lipinski definition) is 1. The van der Waals surface area contributed by atoms with E-state index in [0.717, 1.165) is 31.6 Å². The molecule has 0 bridgehead atoms. The molecule has 3 heterocycles. The number of carbonyl (C=O) groups is 1. The second kappa shape index (κ2) is 7.16. The van der Waals surface area contributed by atoms with Crippen LogP contribution in [0.5, 0.6) is 0 Å². The first kappa shape index (κ1) is 16.0. The van der Waals surface area contributed by atoms with E-state index in [1.54, 1.807) is 9.47 Å². The van der Waals surface area contributed by atoms with E-state index in [-0.39, 0.29) is 17.8 Å². The van der Waals surface area contributed by atoms with E-state index in [0.29, 0.717) is 39.2 Å². The maximum atomic E-state index is 12.2. The molecule has 0 unspecified atom stereocenters. The van der Waals surface area contributed by atoms with Gasteiger partial charge in [-0.2, -0.15) is 5.10 Å². The summed E-state index contributed by atoms with van der Waals surface area (Å²) in [4.78, 5) is 26.0. The molecule has 2 amide bonds. The number of urea groups is 1. The molecule has 0 spiro atoms. The second-order valence-corrected chi connectivity index (χ2v) is 6.24. The predicted octanol–water partition coefficient (Wildman–Crippen LogP) is 0.202. The zero-order valence-corrected chi connectivity index (χ0v) is 13.7. The Hall–Kier alpha value is -1.83. The van der Waals surface area contributed by atoms with Crippen LogP contribution in [-0.4, -0.2) is 57.6 Å². The average Bonchev–Trinajstić information content (AvgIpc) is 2.88. The number of aryl methyl sites for hydroxylation is 2. The standard InChI is InChI=1S/C15H25N5O3/c1-12-11-18(9-10-23-12)14(21)16-6-4-8-20-15(22)19-7-3-2-5-13(19)17-20/h12H,2-11H2,1H3,(H,16,21)/t12-/m0/s1.